The molecule has 4 atom stereocenters. The van der Waals surface area contributed by atoms with Gasteiger partial charge in [0, 0.05) is 11.3 Å². The second kappa shape index (κ2) is 9.30. The number of β-lactam (4-membered cyclic amide) rings is 1. The highest BCUT2D eigenvalue weighted by atomic mass is 32.2. The Morgan fingerprint density at radius 2 is 1.84 bits per heavy atom. The molecule has 3 aliphatic rings. The van der Waals surface area contributed by atoms with Crippen LogP contribution in [0, 0.1) is 11.8 Å². The first kappa shape index (κ1) is 26.0. The number of carbonyl (C=O) groups excluding carboxylic acids is 3. The van der Waals surface area contributed by atoms with Crippen LogP contribution in [0.25, 0.3) is 10.8 Å². The first-order valence-electron chi connectivity index (χ1n) is 12.5. The van der Waals surface area contributed by atoms with E-state index in [4.69, 9.17) is 9.47 Å². The molecule has 2 aromatic carbocycles. The summed E-state index contributed by atoms with van der Waals surface area (Å²) in [4.78, 5) is 39.4. The Morgan fingerprint density at radius 3 is 2.50 bits per heavy atom. The number of esters is 1. The Morgan fingerprint density at radius 1 is 1.11 bits per heavy atom. The van der Waals surface area contributed by atoms with Crippen LogP contribution in [0.1, 0.15) is 32.8 Å². The van der Waals surface area contributed by atoms with Gasteiger partial charge < -0.3 is 19.1 Å². The molecular formula is C27H30N2O8S. The van der Waals surface area contributed by atoms with E-state index in [0.717, 1.165) is 23.8 Å². The first-order chi connectivity index (χ1) is 18.1. The molecule has 3 heterocycles. The fourth-order valence-corrected chi connectivity index (χ4v) is 7.77. The van der Waals surface area contributed by atoms with Gasteiger partial charge in [-0.05, 0) is 42.0 Å². The summed E-state index contributed by atoms with van der Waals surface area (Å²) in [6.07, 6.45) is 0.0302. The van der Waals surface area contributed by atoms with E-state index in [2.05, 4.69) is 11.7 Å². The van der Waals surface area contributed by atoms with Gasteiger partial charge >= 0.3 is 12.1 Å². The minimum absolute atomic E-state index is 0.0431. The van der Waals surface area contributed by atoms with Gasteiger partial charge in [-0.3, -0.25) is 9.10 Å². The van der Waals surface area contributed by atoms with E-state index < -0.39 is 52.0 Å². The zero-order valence-electron chi connectivity index (χ0n) is 21.9. The van der Waals surface area contributed by atoms with Gasteiger partial charge in [-0.2, -0.15) is 0 Å². The van der Waals surface area contributed by atoms with Crippen LogP contribution < -0.4 is 4.31 Å². The number of carbonyl (C=O) groups is 3. The molecule has 0 radical (unpaired) electrons. The number of anilines is 1. The number of methoxy groups -OCH3 is 2. The molecule has 3 aliphatic heterocycles. The van der Waals surface area contributed by atoms with Crippen molar-refractivity contribution in [1.82, 2.24) is 4.90 Å². The Hall–Kier alpha value is -3.60. The monoisotopic (exact) mass is 542 g/mol. The average molecular weight is 543 g/mol. The first-order valence-corrected chi connectivity index (χ1v) is 14.0. The van der Waals surface area contributed by atoms with Gasteiger partial charge in [0.05, 0.1) is 43.3 Å². The topological polar surface area (TPSA) is 120 Å². The van der Waals surface area contributed by atoms with Crippen molar-refractivity contribution in [3.8, 4) is 0 Å². The molecule has 11 heteroatoms. The summed E-state index contributed by atoms with van der Waals surface area (Å²) < 4.78 is 43.7. The van der Waals surface area contributed by atoms with E-state index in [1.807, 2.05) is 25.1 Å². The molecular weight excluding hydrogens is 512 g/mol. The predicted molar refractivity (Wildman–Crippen MR) is 138 cm³/mol. The molecule has 5 rings (SSSR count). The minimum Gasteiger partial charge on any atom is -0.464 e. The fraction of sp³-hybridized carbons (Fsp3) is 0.444. The molecule has 0 aromatic heterocycles. The lowest BCUT2D eigenvalue weighted by molar-refractivity contribution is -0.164. The summed E-state index contributed by atoms with van der Waals surface area (Å²) in [7, 11) is -1.52. The Kier molecular flexibility index (Phi) is 6.37. The summed E-state index contributed by atoms with van der Waals surface area (Å²) in [6.45, 7) is 5.38. The molecule has 0 saturated carbocycles. The number of amides is 1. The lowest BCUT2D eigenvalue weighted by Crippen LogP contribution is -2.64. The molecule has 0 unspecified atom stereocenters. The highest BCUT2D eigenvalue weighted by molar-refractivity contribution is 7.93. The third kappa shape index (κ3) is 3.58. The number of hydrogen-bond acceptors (Lipinski definition) is 8. The number of rotatable bonds is 7. The third-order valence-electron chi connectivity index (χ3n) is 7.87. The van der Waals surface area contributed by atoms with E-state index in [1.54, 1.807) is 19.1 Å². The van der Waals surface area contributed by atoms with Crippen molar-refractivity contribution in [2.75, 3.05) is 25.1 Å². The molecule has 0 aliphatic carbocycles. The summed E-state index contributed by atoms with van der Waals surface area (Å²) in [5.41, 5.74) is 2.14. The molecule has 38 heavy (non-hydrogen) atoms. The highest BCUT2D eigenvalue weighted by Crippen LogP contribution is 2.50. The quantitative estimate of drug-likeness (QED) is 0.386. The lowest BCUT2D eigenvalue weighted by Gasteiger charge is -2.47. The molecule has 0 spiro atoms. The fourth-order valence-electron chi connectivity index (χ4n) is 6.10. The van der Waals surface area contributed by atoms with Gasteiger partial charge in [-0.1, -0.05) is 38.5 Å². The summed E-state index contributed by atoms with van der Waals surface area (Å²) >= 11 is 0. The third-order valence-corrected chi connectivity index (χ3v) is 9.67. The molecule has 0 N–H and O–H groups in total. The zero-order chi connectivity index (χ0) is 27.5. The maximum atomic E-state index is 13.8. The normalized spacial score (nSPS) is 23.8. The molecule has 2 aromatic rings. The molecule has 1 saturated heterocycles. The van der Waals surface area contributed by atoms with Crippen LogP contribution in [0.5, 0.6) is 0 Å². The number of benzene rings is 2. The van der Waals surface area contributed by atoms with Crippen molar-refractivity contribution < 1.29 is 37.0 Å². The van der Waals surface area contributed by atoms with Crippen molar-refractivity contribution in [3.63, 3.8) is 0 Å². The number of ether oxygens (including phenoxy) is 3. The van der Waals surface area contributed by atoms with Crippen LogP contribution in [0.2, 0.25) is 0 Å². The van der Waals surface area contributed by atoms with Crippen molar-refractivity contribution in [2.45, 2.75) is 50.7 Å². The molecule has 202 valence electrons. The summed E-state index contributed by atoms with van der Waals surface area (Å²) in [5, 5.41) is 1.56. The van der Waals surface area contributed by atoms with E-state index in [9.17, 15) is 22.8 Å². The average Bonchev–Trinajstić information content (AvgIpc) is 3.26. The number of fused-ring (bicyclic) bond motifs is 1. The number of sulfonamides is 1. The molecule has 10 nitrogen and oxygen atoms in total. The maximum absolute atomic E-state index is 13.8. The predicted octanol–water partition coefficient (Wildman–Crippen LogP) is 3.38. The van der Waals surface area contributed by atoms with Crippen molar-refractivity contribution in [1.29, 1.82) is 0 Å². The van der Waals surface area contributed by atoms with E-state index in [0.29, 0.717) is 16.6 Å². The van der Waals surface area contributed by atoms with Crippen molar-refractivity contribution in [3.05, 3.63) is 47.2 Å². The Balaban J connectivity index is 1.56. The SMILES string of the molecule is CCCc1ccc2c3c(cccc13)N(CC1=C(C(=O)OC)N3C(=O)[C@H]([C@H](C)OC(=O)OC)[C@H]3[C@H]1C)S2(=O)=O. The Bertz CT molecular complexity index is 1500. The van der Waals surface area contributed by atoms with Crippen LogP contribution in [0.4, 0.5) is 10.5 Å². The molecule has 1 amide bonds. The van der Waals surface area contributed by atoms with Crippen LogP contribution >= 0.6 is 0 Å². The summed E-state index contributed by atoms with van der Waals surface area (Å²) in [5.74, 6) is -2.23. The second-order valence-corrected chi connectivity index (χ2v) is 11.7. The van der Waals surface area contributed by atoms with Gasteiger partial charge in [0.2, 0.25) is 5.91 Å². The standard InChI is InChI=1S/C27H30N2O8S/c1-6-8-16-11-12-20-22-17(16)9-7-10-19(22)28(38(20,33)34)13-18-14(2)23-21(15(3)37-27(32)36-5)25(30)29(23)24(18)26(31)35-4/h7,9-12,14-15,21,23H,6,8,13H2,1-5H3/t14-,15-,21+,23+/m0/s1. The highest BCUT2D eigenvalue weighted by Gasteiger charge is 2.61. The molecule has 1 fully saturated rings. The van der Waals surface area contributed by atoms with Gasteiger partial charge in [-0.15, -0.1) is 0 Å². The maximum Gasteiger partial charge on any atom is 0.508 e. The van der Waals surface area contributed by atoms with E-state index in [1.165, 1.54) is 23.4 Å². The molecule has 0 bridgehead atoms. The van der Waals surface area contributed by atoms with Crippen molar-refractivity contribution in [2.24, 2.45) is 11.8 Å². The number of nitrogens with zero attached hydrogens (tertiary/aromatic N) is 2. The van der Waals surface area contributed by atoms with Crippen LogP contribution in [-0.4, -0.2) is 64.3 Å². The van der Waals surface area contributed by atoms with Crippen LogP contribution in [-0.2, 0) is 40.2 Å². The van der Waals surface area contributed by atoms with Gasteiger partial charge in [0.25, 0.3) is 10.0 Å². The van der Waals surface area contributed by atoms with Crippen LogP contribution in [0.3, 0.4) is 0 Å². The number of hydrogen-bond donors (Lipinski definition) is 0. The largest absolute Gasteiger partial charge is 0.508 e. The number of aryl methyl sites for hydroxylation is 1. The smallest absolute Gasteiger partial charge is 0.464 e. The van der Waals surface area contributed by atoms with Gasteiger partial charge in [-0.25, -0.2) is 18.0 Å². The van der Waals surface area contributed by atoms with Crippen molar-refractivity contribution >= 4 is 44.5 Å². The lowest BCUT2D eigenvalue weighted by atomic mass is 9.77. The Labute approximate surface area is 221 Å². The van der Waals surface area contributed by atoms with E-state index in [-0.39, 0.29) is 17.1 Å². The minimum atomic E-state index is -3.92. The van der Waals surface area contributed by atoms with Crippen LogP contribution in [0.15, 0.2) is 46.5 Å². The van der Waals surface area contributed by atoms with E-state index >= 15 is 0 Å². The zero-order valence-corrected chi connectivity index (χ0v) is 22.7. The summed E-state index contributed by atoms with van der Waals surface area (Å²) in [6, 6.07) is 8.55. The second-order valence-electron chi connectivity index (χ2n) is 9.84. The van der Waals surface area contributed by atoms with Gasteiger partial charge in [0.1, 0.15) is 11.8 Å². The van der Waals surface area contributed by atoms with Gasteiger partial charge in [0.15, 0.2) is 0 Å².